The number of benzene rings is 1. The lowest BCUT2D eigenvalue weighted by Gasteiger charge is -1.98. The molecule has 0 radical (unpaired) electrons. The van der Waals surface area contributed by atoms with Crippen molar-refractivity contribution in [2.75, 3.05) is 0 Å². The fourth-order valence-corrected chi connectivity index (χ4v) is 1.04. The lowest BCUT2D eigenvalue weighted by molar-refractivity contribution is 1.23. The van der Waals surface area contributed by atoms with Crippen LogP contribution in [0.25, 0.3) is 0 Å². The standard InChI is InChI=1S/C12H13N3/c1-9(13)11(12(14)15)8-7-10-5-3-2-4-6-10/h2-6,13H,14-15H2,1H3. The van der Waals surface area contributed by atoms with Gasteiger partial charge in [0.15, 0.2) is 0 Å². The van der Waals surface area contributed by atoms with Crippen LogP contribution >= 0.6 is 0 Å². The zero-order valence-electron chi connectivity index (χ0n) is 8.54. The van der Waals surface area contributed by atoms with E-state index >= 15 is 0 Å². The zero-order valence-corrected chi connectivity index (χ0v) is 8.54. The molecule has 0 unspecified atom stereocenters. The lowest BCUT2D eigenvalue weighted by atomic mass is 10.1. The maximum Gasteiger partial charge on any atom is 0.111 e. The fourth-order valence-electron chi connectivity index (χ4n) is 1.04. The average Bonchev–Trinajstić information content (AvgIpc) is 2.18. The Kier molecular flexibility index (Phi) is 3.53. The van der Waals surface area contributed by atoms with Gasteiger partial charge in [-0.25, -0.2) is 0 Å². The minimum Gasteiger partial charge on any atom is -0.385 e. The Morgan fingerprint density at radius 1 is 1.20 bits per heavy atom. The monoisotopic (exact) mass is 199 g/mol. The van der Waals surface area contributed by atoms with Gasteiger partial charge in [-0.3, -0.25) is 0 Å². The van der Waals surface area contributed by atoms with E-state index in [1.165, 1.54) is 0 Å². The summed E-state index contributed by atoms with van der Waals surface area (Å²) in [6, 6.07) is 9.49. The topological polar surface area (TPSA) is 75.9 Å². The molecular formula is C12H13N3. The molecule has 0 fully saturated rings. The summed E-state index contributed by atoms with van der Waals surface area (Å²) in [4.78, 5) is 0. The summed E-state index contributed by atoms with van der Waals surface area (Å²) in [5.74, 6) is 5.78. The molecule has 0 aliphatic heterocycles. The molecule has 1 rings (SSSR count). The molecule has 0 amide bonds. The van der Waals surface area contributed by atoms with Gasteiger partial charge in [-0.2, -0.15) is 0 Å². The Hall–Kier alpha value is -2.21. The highest BCUT2D eigenvalue weighted by Gasteiger charge is 1.98. The Labute approximate surface area is 89.3 Å². The van der Waals surface area contributed by atoms with Crippen LogP contribution in [0.3, 0.4) is 0 Å². The maximum atomic E-state index is 7.43. The van der Waals surface area contributed by atoms with E-state index in [1.807, 2.05) is 30.3 Å². The number of nitrogens with two attached hydrogens (primary N) is 2. The molecule has 0 saturated carbocycles. The summed E-state index contributed by atoms with van der Waals surface area (Å²) in [6.45, 7) is 1.61. The molecule has 0 aromatic heterocycles. The number of hydrogen-bond donors (Lipinski definition) is 3. The molecule has 0 atom stereocenters. The highest BCUT2D eigenvalue weighted by atomic mass is 14.8. The van der Waals surface area contributed by atoms with E-state index in [4.69, 9.17) is 16.9 Å². The second-order valence-corrected chi connectivity index (χ2v) is 3.07. The third-order valence-corrected chi connectivity index (χ3v) is 1.77. The van der Waals surface area contributed by atoms with Crippen molar-refractivity contribution in [1.29, 1.82) is 5.41 Å². The SMILES string of the molecule is CC(=N)C(C#Cc1ccccc1)=C(N)N. The van der Waals surface area contributed by atoms with Gasteiger partial charge < -0.3 is 16.9 Å². The second-order valence-electron chi connectivity index (χ2n) is 3.07. The zero-order chi connectivity index (χ0) is 11.3. The molecule has 0 heterocycles. The molecule has 0 saturated heterocycles. The van der Waals surface area contributed by atoms with Gasteiger partial charge in [0.1, 0.15) is 5.82 Å². The predicted octanol–water partition coefficient (Wildman–Crippen LogP) is 1.21. The van der Waals surface area contributed by atoms with E-state index < -0.39 is 0 Å². The molecule has 1 aromatic carbocycles. The van der Waals surface area contributed by atoms with Crippen LogP contribution in [-0.2, 0) is 0 Å². The summed E-state index contributed by atoms with van der Waals surface area (Å²) in [5.41, 5.74) is 12.4. The summed E-state index contributed by atoms with van der Waals surface area (Å²) in [6.07, 6.45) is 0. The van der Waals surface area contributed by atoms with Gasteiger partial charge >= 0.3 is 0 Å². The largest absolute Gasteiger partial charge is 0.385 e. The van der Waals surface area contributed by atoms with Crippen molar-refractivity contribution in [3.05, 3.63) is 47.3 Å². The molecular weight excluding hydrogens is 186 g/mol. The number of hydrogen-bond acceptors (Lipinski definition) is 3. The van der Waals surface area contributed by atoms with Crippen molar-refractivity contribution >= 4 is 5.71 Å². The third-order valence-electron chi connectivity index (χ3n) is 1.77. The van der Waals surface area contributed by atoms with Crippen LogP contribution in [0.4, 0.5) is 0 Å². The number of nitrogens with one attached hydrogen (secondary N) is 1. The van der Waals surface area contributed by atoms with E-state index in [1.54, 1.807) is 6.92 Å². The maximum absolute atomic E-state index is 7.43. The van der Waals surface area contributed by atoms with Gasteiger partial charge in [0.25, 0.3) is 0 Å². The normalized spacial score (nSPS) is 8.60. The van der Waals surface area contributed by atoms with Crippen molar-refractivity contribution in [1.82, 2.24) is 0 Å². The first-order chi connectivity index (χ1) is 7.11. The highest BCUT2D eigenvalue weighted by Crippen LogP contribution is 1.99. The van der Waals surface area contributed by atoms with E-state index in [9.17, 15) is 0 Å². The number of allylic oxidation sites excluding steroid dienone is 1. The fraction of sp³-hybridized carbons (Fsp3) is 0.0833. The number of rotatable bonds is 1. The van der Waals surface area contributed by atoms with Crippen LogP contribution in [-0.4, -0.2) is 5.71 Å². The van der Waals surface area contributed by atoms with Gasteiger partial charge in [-0.1, -0.05) is 30.0 Å². The quantitative estimate of drug-likeness (QED) is 0.469. The predicted molar refractivity (Wildman–Crippen MR) is 62.1 cm³/mol. The van der Waals surface area contributed by atoms with Crippen LogP contribution in [0.15, 0.2) is 41.7 Å². The van der Waals surface area contributed by atoms with Crippen molar-refractivity contribution in [2.24, 2.45) is 11.5 Å². The molecule has 0 aliphatic rings. The summed E-state index contributed by atoms with van der Waals surface area (Å²) >= 11 is 0. The van der Waals surface area contributed by atoms with Crippen molar-refractivity contribution in [3.63, 3.8) is 0 Å². The Morgan fingerprint density at radius 2 is 1.80 bits per heavy atom. The first kappa shape index (κ1) is 10.9. The summed E-state index contributed by atoms with van der Waals surface area (Å²) in [7, 11) is 0. The smallest absolute Gasteiger partial charge is 0.111 e. The molecule has 5 N–H and O–H groups in total. The van der Waals surface area contributed by atoms with Gasteiger partial charge in [-0.05, 0) is 19.1 Å². The first-order valence-electron chi connectivity index (χ1n) is 4.49. The molecule has 3 heteroatoms. The minimum absolute atomic E-state index is 0.0888. The van der Waals surface area contributed by atoms with Crippen LogP contribution in [0.2, 0.25) is 0 Å². The van der Waals surface area contributed by atoms with Crippen molar-refractivity contribution in [3.8, 4) is 11.8 Å². The van der Waals surface area contributed by atoms with Crippen molar-refractivity contribution in [2.45, 2.75) is 6.92 Å². The molecule has 0 bridgehead atoms. The highest BCUT2D eigenvalue weighted by molar-refractivity contribution is 6.00. The Bertz CT molecular complexity index is 443. The molecule has 76 valence electrons. The van der Waals surface area contributed by atoms with E-state index in [2.05, 4.69) is 11.8 Å². The van der Waals surface area contributed by atoms with E-state index in [0.29, 0.717) is 5.57 Å². The van der Waals surface area contributed by atoms with Gasteiger partial charge in [-0.15, -0.1) is 0 Å². The lowest BCUT2D eigenvalue weighted by Crippen LogP contribution is -2.14. The van der Waals surface area contributed by atoms with Crippen LogP contribution < -0.4 is 11.5 Å². The molecule has 0 aliphatic carbocycles. The van der Waals surface area contributed by atoms with Crippen LogP contribution in [0.1, 0.15) is 12.5 Å². The van der Waals surface area contributed by atoms with Crippen molar-refractivity contribution < 1.29 is 0 Å². The van der Waals surface area contributed by atoms with Gasteiger partial charge in [0.2, 0.25) is 0 Å². The molecule has 1 aromatic rings. The average molecular weight is 199 g/mol. The molecule has 3 nitrogen and oxygen atoms in total. The molecule has 15 heavy (non-hydrogen) atoms. The summed E-state index contributed by atoms with van der Waals surface area (Å²) < 4.78 is 0. The summed E-state index contributed by atoms with van der Waals surface area (Å²) in [5, 5.41) is 7.43. The van der Waals surface area contributed by atoms with E-state index in [-0.39, 0.29) is 11.5 Å². The Balaban J connectivity index is 3.00. The second kappa shape index (κ2) is 4.87. The molecule has 0 spiro atoms. The third kappa shape index (κ3) is 3.20. The first-order valence-corrected chi connectivity index (χ1v) is 4.49. The van der Waals surface area contributed by atoms with Gasteiger partial charge in [0, 0.05) is 11.3 Å². The van der Waals surface area contributed by atoms with E-state index in [0.717, 1.165) is 5.56 Å². The van der Waals surface area contributed by atoms with Crippen LogP contribution in [0, 0.1) is 17.3 Å². The van der Waals surface area contributed by atoms with Gasteiger partial charge in [0.05, 0.1) is 5.57 Å². The van der Waals surface area contributed by atoms with Crippen LogP contribution in [0.5, 0.6) is 0 Å². The minimum atomic E-state index is 0.0888. The Morgan fingerprint density at radius 3 is 2.27 bits per heavy atom.